The van der Waals surface area contributed by atoms with Gasteiger partial charge in [-0.2, -0.15) is 0 Å². The Bertz CT molecular complexity index is 948. The van der Waals surface area contributed by atoms with E-state index in [9.17, 15) is 19.7 Å². The van der Waals surface area contributed by atoms with Gasteiger partial charge in [-0.1, -0.05) is 58.3 Å². The predicted molar refractivity (Wildman–Crippen MR) is 166 cm³/mol. The minimum atomic E-state index is -0.838. The first-order chi connectivity index (χ1) is 21.3. The Morgan fingerprint density at radius 2 is 1.50 bits per heavy atom. The Hall–Kier alpha value is -3.00. The van der Waals surface area contributed by atoms with E-state index in [0.717, 1.165) is 19.3 Å². The van der Waals surface area contributed by atoms with Crippen LogP contribution in [0.5, 0.6) is 11.5 Å². The monoisotopic (exact) mass is 627 g/mol. The van der Waals surface area contributed by atoms with Crippen LogP contribution in [0.4, 0.5) is 5.69 Å². The third-order valence-corrected chi connectivity index (χ3v) is 6.83. The first kappa shape index (κ1) is 39.0. The second-order valence-electron chi connectivity index (χ2n) is 10.4. The molecule has 0 fully saturated rings. The fourth-order valence-corrected chi connectivity index (χ4v) is 4.42. The predicted octanol–water partition coefficient (Wildman–Crippen LogP) is 5.33. The SMILES string of the molecule is CCCCCCCCCCCC(=O)OC(C)c1cc(OC)c(OCCCC(=O)NCCOCCOCCON)cc1[N+](=O)[O-]. The molecule has 1 rings (SSSR count). The number of amides is 1. The molecule has 13 heteroatoms. The highest BCUT2D eigenvalue weighted by molar-refractivity contribution is 5.75. The van der Waals surface area contributed by atoms with Crippen LogP contribution in [0.1, 0.15) is 103 Å². The maximum atomic E-state index is 12.4. The smallest absolute Gasteiger partial charge is 0.306 e. The number of nitrogens with zero attached hydrogens (tertiary/aromatic N) is 1. The topological polar surface area (TPSA) is 171 Å². The van der Waals surface area contributed by atoms with Gasteiger partial charge in [0.05, 0.1) is 63.3 Å². The van der Waals surface area contributed by atoms with Gasteiger partial charge in [-0.3, -0.25) is 19.7 Å². The van der Waals surface area contributed by atoms with Crippen LogP contribution in [0, 0.1) is 10.1 Å². The molecule has 0 radical (unpaired) electrons. The molecule has 0 aliphatic heterocycles. The standard InChI is InChI=1S/C31H53N3O10/c1-4-5-6-7-8-9-10-11-12-15-31(36)44-25(2)26-23-28(39-3)29(24-27(26)34(37)38)42-17-13-14-30(35)33-16-18-40-19-20-41-21-22-43-32/h23-25H,4-22,32H2,1-3H3,(H,33,35). The molecule has 1 amide bonds. The maximum absolute atomic E-state index is 12.4. The Balaban J connectivity index is 2.45. The van der Waals surface area contributed by atoms with Gasteiger partial charge in [0.15, 0.2) is 11.5 Å². The number of nitro groups is 1. The molecule has 13 nitrogen and oxygen atoms in total. The number of nitrogens with two attached hydrogens (primary N) is 1. The third kappa shape index (κ3) is 18.0. The van der Waals surface area contributed by atoms with Crippen molar-refractivity contribution < 1.29 is 43.0 Å². The number of hydrogen-bond donors (Lipinski definition) is 2. The van der Waals surface area contributed by atoms with E-state index in [1.165, 1.54) is 57.8 Å². The number of benzene rings is 1. The van der Waals surface area contributed by atoms with Crippen molar-refractivity contribution in [3.8, 4) is 11.5 Å². The van der Waals surface area contributed by atoms with Gasteiger partial charge in [0.2, 0.25) is 5.91 Å². The summed E-state index contributed by atoms with van der Waals surface area (Å²) in [6.07, 6.45) is 10.3. The highest BCUT2D eigenvalue weighted by Crippen LogP contribution is 2.38. The molecule has 0 saturated heterocycles. The van der Waals surface area contributed by atoms with Crippen LogP contribution in [-0.4, -0.2) is 70.1 Å². The molecule has 0 bridgehead atoms. The van der Waals surface area contributed by atoms with Gasteiger partial charge in [0, 0.05) is 19.4 Å². The fourth-order valence-electron chi connectivity index (χ4n) is 4.42. The van der Waals surface area contributed by atoms with Gasteiger partial charge in [0.1, 0.15) is 6.10 Å². The summed E-state index contributed by atoms with van der Waals surface area (Å²) in [5, 5.41) is 14.6. The average molecular weight is 628 g/mol. The third-order valence-electron chi connectivity index (χ3n) is 6.83. The summed E-state index contributed by atoms with van der Waals surface area (Å²) in [7, 11) is 1.43. The minimum absolute atomic E-state index is 0.143. The maximum Gasteiger partial charge on any atom is 0.306 e. The first-order valence-electron chi connectivity index (χ1n) is 15.8. The van der Waals surface area contributed by atoms with Crippen molar-refractivity contribution in [3.05, 3.63) is 27.8 Å². The van der Waals surface area contributed by atoms with E-state index in [4.69, 9.17) is 29.6 Å². The highest BCUT2D eigenvalue weighted by Gasteiger charge is 2.26. The number of hydrogen-bond acceptors (Lipinski definition) is 11. The lowest BCUT2D eigenvalue weighted by atomic mass is 10.1. The zero-order chi connectivity index (χ0) is 32.4. The number of esters is 1. The lowest BCUT2D eigenvalue weighted by molar-refractivity contribution is -0.386. The summed E-state index contributed by atoms with van der Waals surface area (Å²) < 4.78 is 27.2. The summed E-state index contributed by atoms with van der Waals surface area (Å²) >= 11 is 0. The molecule has 3 N–H and O–H groups in total. The molecule has 1 atom stereocenters. The summed E-state index contributed by atoms with van der Waals surface area (Å²) in [5.74, 6) is 4.78. The summed E-state index contributed by atoms with van der Waals surface area (Å²) in [6.45, 7) is 6.14. The lowest BCUT2D eigenvalue weighted by Crippen LogP contribution is -2.27. The largest absolute Gasteiger partial charge is 0.493 e. The Morgan fingerprint density at radius 1 is 0.864 bits per heavy atom. The van der Waals surface area contributed by atoms with Gasteiger partial charge in [-0.15, -0.1) is 0 Å². The van der Waals surface area contributed by atoms with E-state index in [1.807, 2.05) is 0 Å². The van der Waals surface area contributed by atoms with Crippen molar-refractivity contribution in [2.75, 3.05) is 53.3 Å². The van der Waals surface area contributed by atoms with Gasteiger partial charge < -0.3 is 33.8 Å². The van der Waals surface area contributed by atoms with Crippen LogP contribution in [0.2, 0.25) is 0 Å². The van der Waals surface area contributed by atoms with Crippen molar-refractivity contribution in [3.63, 3.8) is 0 Å². The van der Waals surface area contributed by atoms with E-state index >= 15 is 0 Å². The molecule has 0 aliphatic carbocycles. The van der Waals surface area contributed by atoms with Gasteiger partial charge in [-0.25, -0.2) is 5.90 Å². The molecule has 1 aromatic carbocycles. The second-order valence-corrected chi connectivity index (χ2v) is 10.4. The van der Waals surface area contributed by atoms with Crippen molar-refractivity contribution in [1.29, 1.82) is 0 Å². The Labute approximate surface area is 261 Å². The molecule has 44 heavy (non-hydrogen) atoms. The highest BCUT2D eigenvalue weighted by atomic mass is 16.6. The molecule has 1 unspecified atom stereocenters. The first-order valence-corrected chi connectivity index (χ1v) is 15.8. The molecule has 0 spiro atoms. The normalized spacial score (nSPS) is 11.6. The van der Waals surface area contributed by atoms with E-state index in [2.05, 4.69) is 17.1 Å². The van der Waals surface area contributed by atoms with Crippen molar-refractivity contribution in [2.45, 2.75) is 97.0 Å². The van der Waals surface area contributed by atoms with Crippen LogP contribution < -0.4 is 20.7 Å². The molecular weight excluding hydrogens is 574 g/mol. The lowest BCUT2D eigenvalue weighted by Gasteiger charge is -2.17. The fraction of sp³-hybridized carbons (Fsp3) is 0.742. The van der Waals surface area contributed by atoms with Gasteiger partial charge >= 0.3 is 5.97 Å². The number of nitrogens with one attached hydrogen (secondary N) is 1. The van der Waals surface area contributed by atoms with E-state index in [1.54, 1.807) is 6.92 Å². The Morgan fingerprint density at radius 3 is 2.14 bits per heavy atom. The summed E-state index contributed by atoms with van der Waals surface area (Å²) in [4.78, 5) is 40.2. The number of methoxy groups -OCH3 is 1. The molecule has 0 heterocycles. The number of carbonyl (C=O) groups excluding carboxylic acids is 2. The molecular formula is C31H53N3O10. The number of carbonyl (C=O) groups is 2. The zero-order valence-corrected chi connectivity index (χ0v) is 26.8. The van der Waals surface area contributed by atoms with Crippen LogP contribution in [-0.2, 0) is 28.6 Å². The average Bonchev–Trinajstić information content (AvgIpc) is 3.01. The van der Waals surface area contributed by atoms with Gasteiger partial charge in [0.25, 0.3) is 5.69 Å². The number of ether oxygens (including phenoxy) is 5. The molecule has 0 aliphatic rings. The van der Waals surface area contributed by atoms with E-state index in [0.29, 0.717) is 46.0 Å². The molecule has 0 saturated carbocycles. The van der Waals surface area contributed by atoms with E-state index < -0.39 is 11.0 Å². The Kier molecular flexibility index (Phi) is 22.5. The summed E-state index contributed by atoms with van der Waals surface area (Å²) in [5.41, 5.74) is -0.0163. The number of nitro benzene ring substituents is 1. The quantitative estimate of drug-likeness (QED) is 0.0533. The molecule has 252 valence electrons. The number of unbranched alkanes of at least 4 members (excludes halogenated alkanes) is 8. The van der Waals surface area contributed by atoms with Gasteiger partial charge in [-0.05, 0) is 25.8 Å². The van der Waals surface area contributed by atoms with Crippen LogP contribution >= 0.6 is 0 Å². The molecule has 0 aromatic heterocycles. The van der Waals surface area contributed by atoms with Crippen molar-refractivity contribution >= 4 is 17.6 Å². The van der Waals surface area contributed by atoms with Crippen molar-refractivity contribution in [2.24, 2.45) is 5.90 Å². The number of rotatable bonds is 28. The van der Waals surface area contributed by atoms with Crippen molar-refractivity contribution in [1.82, 2.24) is 5.32 Å². The van der Waals surface area contributed by atoms with Crippen LogP contribution in [0.3, 0.4) is 0 Å². The van der Waals surface area contributed by atoms with Crippen LogP contribution in [0.15, 0.2) is 12.1 Å². The zero-order valence-electron chi connectivity index (χ0n) is 26.8. The molecule has 1 aromatic rings. The second kappa shape index (κ2) is 25.3. The van der Waals surface area contributed by atoms with E-state index in [-0.39, 0.29) is 54.1 Å². The van der Waals surface area contributed by atoms with Crippen LogP contribution in [0.25, 0.3) is 0 Å². The minimum Gasteiger partial charge on any atom is -0.493 e. The summed E-state index contributed by atoms with van der Waals surface area (Å²) in [6, 6.07) is 2.73.